The summed E-state index contributed by atoms with van der Waals surface area (Å²) in [4.78, 5) is 4.57. The highest BCUT2D eigenvalue weighted by atomic mass is 32.1. The van der Waals surface area contributed by atoms with Crippen LogP contribution in [0.5, 0.6) is 0 Å². The Bertz CT molecular complexity index is 869. The molecule has 0 saturated carbocycles. The van der Waals surface area contributed by atoms with Gasteiger partial charge in [-0.25, -0.2) is 4.98 Å². The van der Waals surface area contributed by atoms with Gasteiger partial charge in [-0.15, -0.1) is 0 Å². The Kier molecular flexibility index (Phi) is 4.50. The monoisotopic (exact) mass is 357 g/mol. The number of nitrogens with zero attached hydrogens (tertiary/aromatic N) is 2. The molecular formula is C22H19N3S. The Labute approximate surface area is 157 Å². The molecule has 0 saturated heterocycles. The number of nitrogens with one attached hydrogen (secondary N) is 1. The molecule has 1 heterocycles. The number of hydrogen-bond acceptors (Lipinski definition) is 4. The van der Waals surface area contributed by atoms with Crippen LogP contribution in [0.25, 0.3) is 0 Å². The Morgan fingerprint density at radius 3 is 1.46 bits per heavy atom. The quantitative estimate of drug-likeness (QED) is 0.496. The summed E-state index contributed by atoms with van der Waals surface area (Å²) in [7, 11) is 0. The lowest BCUT2D eigenvalue weighted by molar-refractivity contribution is 0.710. The van der Waals surface area contributed by atoms with Crippen LogP contribution in [0.3, 0.4) is 0 Å². The molecule has 0 fully saturated rings. The molecule has 4 heteroatoms. The van der Waals surface area contributed by atoms with Gasteiger partial charge in [0.1, 0.15) is 11.4 Å². The standard InChI is InChI=1S/C22H19N3S/c1-17-23-21(26-25-17)24-22(18-11-5-2-6-12-18,19-13-7-3-8-14-19)20-15-9-4-10-16-20/h2-16H,1H3,(H,23,24,25). The maximum absolute atomic E-state index is 4.57. The number of aryl methyl sites for hydroxylation is 1. The molecule has 0 aliphatic carbocycles. The highest BCUT2D eigenvalue weighted by molar-refractivity contribution is 7.09. The molecule has 1 N–H and O–H groups in total. The number of anilines is 1. The highest BCUT2D eigenvalue weighted by Gasteiger charge is 2.37. The molecule has 0 aliphatic heterocycles. The fourth-order valence-electron chi connectivity index (χ4n) is 3.29. The number of hydrogen-bond donors (Lipinski definition) is 1. The fourth-order valence-corrected chi connectivity index (χ4v) is 3.92. The van der Waals surface area contributed by atoms with Gasteiger partial charge in [0.15, 0.2) is 0 Å². The summed E-state index contributed by atoms with van der Waals surface area (Å²) >= 11 is 1.39. The Morgan fingerprint density at radius 1 is 0.692 bits per heavy atom. The first-order valence-electron chi connectivity index (χ1n) is 8.54. The van der Waals surface area contributed by atoms with E-state index < -0.39 is 5.54 Å². The topological polar surface area (TPSA) is 37.8 Å². The fraction of sp³-hybridized carbons (Fsp3) is 0.0909. The third kappa shape index (κ3) is 3.00. The van der Waals surface area contributed by atoms with Crippen LogP contribution in [0.4, 0.5) is 5.13 Å². The molecule has 0 atom stereocenters. The van der Waals surface area contributed by atoms with E-state index in [1.54, 1.807) is 0 Å². The van der Waals surface area contributed by atoms with E-state index >= 15 is 0 Å². The van der Waals surface area contributed by atoms with Crippen LogP contribution in [-0.4, -0.2) is 9.36 Å². The second kappa shape index (κ2) is 7.10. The van der Waals surface area contributed by atoms with Crippen LogP contribution >= 0.6 is 11.5 Å². The molecule has 0 unspecified atom stereocenters. The van der Waals surface area contributed by atoms with Crippen LogP contribution in [0.1, 0.15) is 22.5 Å². The van der Waals surface area contributed by atoms with Crippen LogP contribution < -0.4 is 5.32 Å². The summed E-state index contributed by atoms with van der Waals surface area (Å²) in [6.07, 6.45) is 0. The van der Waals surface area contributed by atoms with Crippen LogP contribution in [0, 0.1) is 6.92 Å². The highest BCUT2D eigenvalue weighted by Crippen LogP contribution is 2.40. The first kappa shape index (κ1) is 16.5. The van der Waals surface area contributed by atoms with Crippen molar-refractivity contribution in [1.82, 2.24) is 9.36 Å². The Hall–Kier alpha value is -2.98. The second-order valence-corrected chi connectivity index (χ2v) is 6.87. The van der Waals surface area contributed by atoms with Crippen molar-refractivity contribution >= 4 is 16.7 Å². The lowest BCUT2D eigenvalue weighted by Crippen LogP contribution is -2.38. The van der Waals surface area contributed by atoms with Gasteiger partial charge < -0.3 is 5.32 Å². The lowest BCUT2D eigenvalue weighted by Gasteiger charge is -2.36. The third-order valence-corrected chi connectivity index (χ3v) is 5.16. The van der Waals surface area contributed by atoms with E-state index in [1.165, 1.54) is 11.5 Å². The molecule has 4 rings (SSSR count). The zero-order valence-corrected chi connectivity index (χ0v) is 15.3. The van der Waals surface area contributed by atoms with Crippen molar-refractivity contribution < 1.29 is 0 Å². The number of aromatic nitrogens is 2. The van der Waals surface area contributed by atoms with Gasteiger partial charge in [0, 0.05) is 11.5 Å². The normalized spacial score (nSPS) is 11.3. The van der Waals surface area contributed by atoms with E-state index in [1.807, 2.05) is 25.1 Å². The van der Waals surface area contributed by atoms with Gasteiger partial charge in [-0.1, -0.05) is 91.0 Å². The molecule has 0 bridgehead atoms. The van der Waals surface area contributed by atoms with Crippen molar-refractivity contribution in [3.63, 3.8) is 0 Å². The predicted octanol–water partition coefficient (Wildman–Crippen LogP) is 5.25. The molecule has 3 nitrogen and oxygen atoms in total. The van der Waals surface area contributed by atoms with Crippen molar-refractivity contribution in [3.05, 3.63) is 114 Å². The molecule has 128 valence electrons. The van der Waals surface area contributed by atoms with E-state index in [0.717, 1.165) is 27.6 Å². The minimum absolute atomic E-state index is 0.546. The van der Waals surface area contributed by atoms with Crippen LogP contribution in [0.15, 0.2) is 91.0 Å². The molecule has 4 aromatic rings. The van der Waals surface area contributed by atoms with Gasteiger partial charge in [0.05, 0.1) is 0 Å². The molecular weight excluding hydrogens is 338 g/mol. The van der Waals surface area contributed by atoms with Gasteiger partial charge in [0.2, 0.25) is 5.13 Å². The zero-order valence-electron chi connectivity index (χ0n) is 14.5. The SMILES string of the molecule is Cc1nsc(NC(c2ccccc2)(c2ccccc2)c2ccccc2)n1. The summed E-state index contributed by atoms with van der Waals surface area (Å²) in [6.45, 7) is 1.91. The van der Waals surface area contributed by atoms with Gasteiger partial charge in [-0.2, -0.15) is 4.37 Å². The van der Waals surface area contributed by atoms with Crippen molar-refractivity contribution in [1.29, 1.82) is 0 Å². The summed E-state index contributed by atoms with van der Waals surface area (Å²) in [5.74, 6) is 0.778. The molecule has 0 spiro atoms. The van der Waals surface area contributed by atoms with Gasteiger partial charge in [-0.3, -0.25) is 0 Å². The average Bonchev–Trinajstić information content (AvgIpc) is 3.13. The summed E-state index contributed by atoms with van der Waals surface area (Å²) in [5.41, 5.74) is 2.93. The van der Waals surface area contributed by atoms with Gasteiger partial charge >= 0.3 is 0 Å². The van der Waals surface area contributed by atoms with Crippen molar-refractivity contribution in [2.75, 3.05) is 5.32 Å². The van der Waals surface area contributed by atoms with Crippen molar-refractivity contribution in [2.45, 2.75) is 12.5 Å². The summed E-state index contributed by atoms with van der Waals surface area (Å²) < 4.78 is 4.35. The van der Waals surface area contributed by atoms with Gasteiger partial charge in [0.25, 0.3) is 0 Å². The largest absolute Gasteiger partial charge is 0.343 e. The van der Waals surface area contributed by atoms with Crippen molar-refractivity contribution in [3.8, 4) is 0 Å². The first-order valence-corrected chi connectivity index (χ1v) is 9.31. The molecule has 26 heavy (non-hydrogen) atoms. The maximum atomic E-state index is 4.57. The first-order chi connectivity index (χ1) is 12.8. The average molecular weight is 357 g/mol. The minimum atomic E-state index is -0.546. The van der Waals surface area contributed by atoms with E-state index in [2.05, 4.69) is 87.5 Å². The van der Waals surface area contributed by atoms with E-state index in [9.17, 15) is 0 Å². The Morgan fingerprint density at radius 2 is 1.12 bits per heavy atom. The lowest BCUT2D eigenvalue weighted by atomic mass is 9.77. The van der Waals surface area contributed by atoms with Crippen molar-refractivity contribution in [2.24, 2.45) is 0 Å². The third-order valence-electron chi connectivity index (χ3n) is 4.44. The Balaban J connectivity index is 2.00. The van der Waals surface area contributed by atoms with E-state index in [0.29, 0.717) is 0 Å². The zero-order chi connectivity index (χ0) is 17.8. The molecule has 0 amide bonds. The number of benzene rings is 3. The molecule has 0 aliphatic rings. The van der Waals surface area contributed by atoms with Crippen LogP contribution in [0.2, 0.25) is 0 Å². The predicted molar refractivity (Wildman–Crippen MR) is 107 cm³/mol. The van der Waals surface area contributed by atoms with Gasteiger partial charge in [-0.05, 0) is 23.6 Å². The van der Waals surface area contributed by atoms with Crippen LogP contribution in [-0.2, 0) is 5.54 Å². The summed E-state index contributed by atoms with van der Waals surface area (Å²) in [6, 6.07) is 31.5. The number of rotatable bonds is 5. The summed E-state index contributed by atoms with van der Waals surface area (Å²) in [5, 5.41) is 4.51. The maximum Gasteiger partial charge on any atom is 0.203 e. The smallest absolute Gasteiger partial charge is 0.203 e. The van der Waals surface area contributed by atoms with E-state index in [4.69, 9.17) is 0 Å². The van der Waals surface area contributed by atoms with E-state index in [-0.39, 0.29) is 0 Å². The molecule has 1 aromatic heterocycles. The minimum Gasteiger partial charge on any atom is -0.343 e. The molecule has 3 aromatic carbocycles. The molecule has 0 radical (unpaired) electrons. The second-order valence-electron chi connectivity index (χ2n) is 6.12.